The molecule has 17 heavy (non-hydrogen) atoms. The Kier molecular flexibility index (Phi) is 3.76. The van der Waals surface area contributed by atoms with Gasteiger partial charge in [0.25, 0.3) is 0 Å². The van der Waals surface area contributed by atoms with Crippen molar-refractivity contribution < 1.29 is 0 Å². The number of nitrogens with zero attached hydrogens (tertiary/aromatic N) is 1. The number of aryl methyl sites for hydroxylation is 1. The van der Waals surface area contributed by atoms with Gasteiger partial charge in [0.05, 0.1) is 28.0 Å². The van der Waals surface area contributed by atoms with Crippen LogP contribution in [0.4, 0.5) is 11.4 Å². The molecule has 0 unspecified atom stereocenters. The van der Waals surface area contributed by atoms with Crippen molar-refractivity contribution in [1.29, 1.82) is 0 Å². The van der Waals surface area contributed by atoms with Crippen LogP contribution in [0.5, 0.6) is 0 Å². The molecule has 3 nitrogen and oxygen atoms in total. The lowest BCUT2D eigenvalue weighted by molar-refractivity contribution is 1.08. The van der Waals surface area contributed by atoms with Gasteiger partial charge in [0.2, 0.25) is 0 Å². The zero-order valence-corrected chi connectivity index (χ0v) is 11.5. The Hall–Kier alpha value is -0.970. The largest absolute Gasteiger partial charge is 0.397 e. The predicted octanol–water partition coefficient (Wildman–Crippen LogP) is 3.95. The molecule has 0 radical (unpaired) electrons. The first-order valence-corrected chi connectivity index (χ1v) is 6.59. The molecule has 2 aromatic rings. The predicted molar refractivity (Wildman–Crippen MR) is 75.1 cm³/mol. The van der Waals surface area contributed by atoms with Crippen molar-refractivity contribution in [2.45, 2.75) is 13.5 Å². The number of anilines is 2. The molecule has 1 heterocycles. The van der Waals surface area contributed by atoms with Crippen molar-refractivity contribution in [1.82, 2.24) is 4.98 Å². The van der Waals surface area contributed by atoms with Gasteiger partial charge in [-0.1, -0.05) is 23.2 Å². The summed E-state index contributed by atoms with van der Waals surface area (Å²) in [6.45, 7) is 2.59. The van der Waals surface area contributed by atoms with E-state index in [-0.39, 0.29) is 0 Å². The first-order chi connectivity index (χ1) is 8.06. The van der Waals surface area contributed by atoms with E-state index < -0.39 is 0 Å². The van der Waals surface area contributed by atoms with Crippen LogP contribution in [-0.2, 0) is 6.54 Å². The van der Waals surface area contributed by atoms with Gasteiger partial charge < -0.3 is 11.1 Å². The quantitative estimate of drug-likeness (QED) is 0.841. The number of nitrogen functional groups attached to an aromatic ring is 1. The molecular formula is C11H11Cl2N3S. The number of halogens is 2. The van der Waals surface area contributed by atoms with Crippen molar-refractivity contribution in [3.63, 3.8) is 0 Å². The molecule has 1 aromatic heterocycles. The van der Waals surface area contributed by atoms with Crippen LogP contribution in [0.25, 0.3) is 0 Å². The van der Waals surface area contributed by atoms with Crippen molar-refractivity contribution in [2.75, 3.05) is 11.1 Å². The van der Waals surface area contributed by atoms with E-state index in [9.17, 15) is 0 Å². The number of thiazole rings is 1. The highest BCUT2D eigenvalue weighted by atomic mass is 35.5. The highest BCUT2D eigenvalue weighted by Crippen LogP contribution is 2.31. The zero-order chi connectivity index (χ0) is 12.4. The molecule has 0 saturated carbocycles. The summed E-state index contributed by atoms with van der Waals surface area (Å²) in [5, 5.41) is 7.15. The SMILES string of the molecule is Cc1csc(CNc2cc(Cl)c(Cl)cc2N)n1. The molecule has 0 amide bonds. The first kappa shape index (κ1) is 12.5. The molecule has 3 N–H and O–H groups in total. The summed E-state index contributed by atoms with van der Waals surface area (Å²) < 4.78 is 0. The van der Waals surface area contributed by atoms with Gasteiger partial charge in [0, 0.05) is 11.1 Å². The van der Waals surface area contributed by atoms with Gasteiger partial charge in [-0.2, -0.15) is 0 Å². The van der Waals surface area contributed by atoms with Crippen LogP contribution >= 0.6 is 34.5 Å². The van der Waals surface area contributed by atoms with Crippen LogP contribution in [0.3, 0.4) is 0 Å². The standard InChI is InChI=1S/C11H11Cl2N3S/c1-6-5-17-11(16-6)4-15-10-3-8(13)7(12)2-9(10)14/h2-3,5,15H,4,14H2,1H3. The molecule has 0 spiro atoms. The van der Waals surface area contributed by atoms with Gasteiger partial charge in [-0.15, -0.1) is 11.3 Å². The summed E-state index contributed by atoms with van der Waals surface area (Å²) in [7, 11) is 0. The summed E-state index contributed by atoms with van der Waals surface area (Å²) in [6, 6.07) is 3.36. The Bertz CT molecular complexity index is 540. The minimum absolute atomic E-state index is 0.458. The molecule has 0 fully saturated rings. The monoisotopic (exact) mass is 287 g/mol. The number of hydrogen-bond acceptors (Lipinski definition) is 4. The Labute approximate surface area is 114 Å². The molecule has 0 aliphatic heterocycles. The van der Waals surface area contributed by atoms with Crippen LogP contribution in [0.15, 0.2) is 17.5 Å². The summed E-state index contributed by atoms with van der Waals surface area (Å²) in [6.07, 6.45) is 0. The van der Waals surface area contributed by atoms with E-state index in [0.29, 0.717) is 22.3 Å². The highest BCUT2D eigenvalue weighted by molar-refractivity contribution is 7.09. The number of aromatic nitrogens is 1. The second-order valence-corrected chi connectivity index (χ2v) is 5.35. The van der Waals surface area contributed by atoms with E-state index in [1.807, 2.05) is 12.3 Å². The normalized spacial score (nSPS) is 10.5. The van der Waals surface area contributed by atoms with Gasteiger partial charge in [-0.05, 0) is 19.1 Å². The summed E-state index contributed by atoms with van der Waals surface area (Å²) in [5.74, 6) is 0. The zero-order valence-electron chi connectivity index (χ0n) is 9.13. The van der Waals surface area contributed by atoms with E-state index >= 15 is 0 Å². The number of benzene rings is 1. The van der Waals surface area contributed by atoms with E-state index in [2.05, 4.69) is 10.3 Å². The van der Waals surface area contributed by atoms with Gasteiger partial charge in [-0.3, -0.25) is 0 Å². The van der Waals surface area contributed by atoms with E-state index in [0.717, 1.165) is 16.4 Å². The summed E-state index contributed by atoms with van der Waals surface area (Å²) in [4.78, 5) is 4.35. The Balaban J connectivity index is 2.11. The van der Waals surface area contributed by atoms with Crippen LogP contribution in [0.2, 0.25) is 10.0 Å². The van der Waals surface area contributed by atoms with Crippen molar-refractivity contribution in [3.8, 4) is 0 Å². The average Bonchev–Trinajstić information content (AvgIpc) is 2.68. The smallest absolute Gasteiger partial charge is 0.112 e. The maximum absolute atomic E-state index is 5.93. The molecule has 2 rings (SSSR count). The fourth-order valence-corrected chi connectivity index (χ4v) is 2.42. The van der Waals surface area contributed by atoms with Crippen LogP contribution < -0.4 is 11.1 Å². The van der Waals surface area contributed by atoms with Gasteiger partial charge >= 0.3 is 0 Å². The summed E-state index contributed by atoms with van der Waals surface area (Å²) in [5.41, 5.74) is 8.21. The fraction of sp³-hybridized carbons (Fsp3) is 0.182. The van der Waals surface area contributed by atoms with Gasteiger partial charge in [0.15, 0.2) is 0 Å². The third-order valence-corrected chi connectivity index (χ3v) is 3.88. The van der Waals surface area contributed by atoms with Crippen LogP contribution in [0.1, 0.15) is 10.7 Å². The number of nitrogens with two attached hydrogens (primary N) is 1. The maximum atomic E-state index is 5.93. The molecule has 6 heteroatoms. The molecule has 0 bridgehead atoms. The third kappa shape index (κ3) is 3.03. The number of rotatable bonds is 3. The Morgan fingerprint density at radius 2 is 2.06 bits per heavy atom. The first-order valence-electron chi connectivity index (χ1n) is 4.95. The Morgan fingerprint density at radius 1 is 1.35 bits per heavy atom. The lowest BCUT2D eigenvalue weighted by Crippen LogP contribution is -2.02. The maximum Gasteiger partial charge on any atom is 0.112 e. The van der Waals surface area contributed by atoms with Crippen molar-refractivity contribution in [2.24, 2.45) is 0 Å². The van der Waals surface area contributed by atoms with Gasteiger partial charge in [0.1, 0.15) is 5.01 Å². The van der Waals surface area contributed by atoms with Crippen LogP contribution in [-0.4, -0.2) is 4.98 Å². The lowest BCUT2D eigenvalue weighted by Gasteiger charge is -2.09. The fourth-order valence-electron chi connectivity index (χ4n) is 1.37. The van der Waals surface area contributed by atoms with Crippen LogP contribution in [0, 0.1) is 6.92 Å². The number of nitrogens with one attached hydrogen (secondary N) is 1. The Morgan fingerprint density at radius 3 is 2.71 bits per heavy atom. The van der Waals surface area contributed by atoms with Gasteiger partial charge in [-0.25, -0.2) is 4.98 Å². The highest BCUT2D eigenvalue weighted by Gasteiger charge is 2.05. The van der Waals surface area contributed by atoms with E-state index in [1.54, 1.807) is 23.5 Å². The molecular weight excluding hydrogens is 277 g/mol. The number of hydrogen-bond donors (Lipinski definition) is 2. The molecule has 0 aliphatic rings. The second kappa shape index (κ2) is 5.12. The van der Waals surface area contributed by atoms with Crippen molar-refractivity contribution >= 4 is 45.9 Å². The molecule has 90 valence electrons. The second-order valence-electron chi connectivity index (χ2n) is 3.59. The molecule has 0 aliphatic carbocycles. The third-order valence-electron chi connectivity index (χ3n) is 2.19. The molecule has 0 saturated heterocycles. The minimum Gasteiger partial charge on any atom is -0.397 e. The van der Waals surface area contributed by atoms with E-state index in [1.165, 1.54) is 0 Å². The molecule has 1 aromatic carbocycles. The minimum atomic E-state index is 0.458. The molecule has 0 atom stereocenters. The topological polar surface area (TPSA) is 50.9 Å². The average molecular weight is 288 g/mol. The summed E-state index contributed by atoms with van der Waals surface area (Å²) >= 11 is 13.4. The lowest BCUT2D eigenvalue weighted by atomic mass is 10.2. The van der Waals surface area contributed by atoms with Crippen molar-refractivity contribution in [3.05, 3.63) is 38.3 Å². The van der Waals surface area contributed by atoms with E-state index in [4.69, 9.17) is 28.9 Å².